The van der Waals surface area contributed by atoms with Crippen molar-refractivity contribution in [2.75, 3.05) is 6.54 Å². The van der Waals surface area contributed by atoms with Crippen molar-refractivity contribution in [1.82, 2.24) is 9.62 Å². The summed E-state index contributed by atoms with van der Waals surface area (Å²) in [6.45, 7) is 9.45. The lowest BCUT2D eigenvalue weighted by atomic mass is 10.3. The molecule has 0 amide bonds. The van der Waals surface area contributed by atoms with Gasteiger partial charge >= 0.3 is 0 Å². The number of hydrogen-bond donors (Lipinski definition) is 1. The molecule has 1 N–H and O–H groups in total. The van der Waals surface area contributed by atoms with Crippen molar-refractivity contribution in [3.63, 3.8) is 0 Å². The molecule has 1 aliphatic rings. The van der Waals surface area contributed by atoms with Gasteiger partial charge in [0.2, 0.25) is 0 Å². The molecular weight excluding hydrogens is 304 g/mol. The largest absolute Gasteiger partial charge is 0.310 e. The van der Waals surface area contributed by atoms with Gasteiger partial charge in [-0.05, 0) is 49.6 Å². The summed E-state index contributed by atoms with van der Waals surface area (Å²) in [6.07, 6.45) is 2.32. The molecule has 1 aromatic rings. The van der Waals surface area contributed by atoms with Crippen LogP contribution in [-0.2, 0) is 16.6 Å². The first-order valence-corrected chi connectivity index (χ1v) is 9.95. The highest BCUT2D eigenvalue weighted by molar-refractivity contribution is 7.91. The number of sulfonamides is 1. The van der Waals surface area contributed by atoms with Crippen molar-refractivity contribution in [3.8, 4) is 0 Å². The lowest BCUT2D eigenvalue weighted by molar-refractivity contribution is 0.342. The fourth-order valence-corrected chi connectivity index (χ4v) is 5.21. The van der Waals surface area contributed by atoms with Crippen LogP contribution in [0.4, 0.5) is 0 Å². The number of thiophene rings is 1. The fraction of sp³-hybridized carbons (Fsp3) is 0.733. The monoisotopic (exact) mass is 330 g/mol. The standard InChI is InChI=1S/C15H26N2O2S2/c1-11(2)16-8-14-7-15(20-10-14)21(18,19)17(12(3)4)9-13-5-6-13/h7,10-13,16H,5-6,8-9H2,1-4H3. The van der Waals surface area contributed by atoms with E-state index in [2.05, 4.69) is 19.2 Å². The zero-order valence-corrected chi connectivity index (χ0v) is 14.9. The molecule has 0 aromatic carbocycles. The molecule has 4 nitrogen and oxygen atoms in total. The van der Waals surface area contributed by atoms with E-state index in [1.54, 1.807) is 4.31 Å². The quantitative estimate of drug-likeness (QED) is 0.797. The fourth-order valence-electron chi connectivity index (χ4n) is 2.16. The average Bonchev–Trinajstić information content (AvgIpc) is 3.08. The van der Waals surface area contributed by atoms with E-state index in [0.717, 1.165) is 18.4 Å². The maximum atomic E-state index is 12.8. The summed E-state index contributed by atoms with van der Waals surface area (Å²) < 4.78 is 27.7. The second kappa shape index (κ2) is 6.77. The summed E-state index contributed by atoms with van der Waals surface area (Å²) in [6, 6.07) is 2.22. The molecule has 0 spiro atoms. The van der Waals surface area contributed by atoms with Crippen LogP contribution in [0.5, 0.6) is 0 Å². The van der Waals surface area contributed by atoms with Crippen molar-refractivity contribution in [3.05, 3.63) is 17.0 Å². The van der Waals surface area contributed by atoms with Crippen molar-refractivity contribution in [2.45, 2.75) is 63.4 Å². The van der Waals surface area contributed by atoms with Crippen LogP contribution in [0, 0.1) is 5.92 Å². The Balaban J connectivity index is 2.13. The predicted molar refractivity (Wildman–Crippen MR) is 88.0 cm³/mol. The van der Waals surface area contributed by atoms with E-state index < -0.39 is 10.0 Å². The molecule has 21 heavy (non-hydrogen) atoms. The SMILES string of the molecule is CC(C)NCc1csc(S(=O)(=O)N(CC2CC2)C(C)C)c1. The zero-order valence-electron chi connectivity index (χ0n) is 13.3. The molecule has 0 saturated heterocycles. The Kier molecular flexibility index (Phi) is 5.46. The minimum Gasteiger partial charge on any atom is -0.310 e. The summed E-state index contributed by atoms with van der Waals surface area (Å²) in [5.74, 6) is 0.559. The van der Waals surface area contributed by atoms with Crippen LogP contribution in [0.2, 0.25) is 0 Å². The van der Waals surface area contributed by atoms with Gasteiger partial charge in [-0.3, -0.25) is 0 Å². The molecule has 2 rings (SSSR count). The minimum atomic E-state index is -3.35. The highest BCUT2D eigenvalue weighted by Gasteiger charge is 2.34. The van der Waals surface area contributed by atoms with Crippen LogP contribution in [0.3, 0.4) is 0 Å². The second-order valence-electron chi connectivity index (χ2n) is 6.42. The highest BCUT2D eigenvalue weighted by atomic mass is 32.2. The molecule has 1 saturated carbocycles. The van der Waals surface area contributed by atoms with Crippen molar-refractivity contribution < 1.29 is 8.42 Å². The minimum absolute atomic E-state index is 0.00920. The van der Waals surface area contributed by atoms with Gasteiger partial charge in [0, 0.05) is 25.2 Å². The highest BCUT2D eigenvalue weighted by Crippen LogP contribution is 2.33. The Labute approximate surface area is 132 Å². The maximum absolute atomic E-state index is 12.8. The van der Waals surface area contributed by atoms with Crippen LogP contribution in [0.1, 0.15) is 46.1 Å². The summed E-state index contributed by atoms with van der Waals surface area (Å²) in [7, 11) is -3.35. The van der Waals surface area contributed by atoms with Crippen molar-refractivity contribution in [2.24, 2.45) is 5.92 Å². The normalized spacial score (nSPS) is 16.3. The Bertz CT molecular complexity index is 560. The van der Waals surface area contributed by atoms with E-state index in [9.17, 15) is 8.42 Å². The van der Waals surface area contributed by atoms with Gasteiger partial charge in [-0.15, -0.1) is 11.3 Å². The Hall–Kier alpha value is -0.430. The molecule has 0 bridgehead atoms. The van der Waals surface area contributed by atoms with Crippen LogP contribution in [0.25, 0.3) is 0 Å². The third-order valence-corrected chi connectivity index (χ3v) is 7.12. The maximum Gasteiger partial charge on any atom is 0.252 e. The van der Waals surface area contributed by atoms with Crippen molar-refractivity contribution in [1.29, 1.82) is 0 Å². The van der Waals surface area contributed by atoms with E-state index in [1.165, 1.54) is 11.3 Å². The molecule has 120 valence electrons. The molecule has 1 aromatic heterocycles. The van der Waals surface area contributed by atoms with Gasteiger partial charge in [0.05, 0.1) is 0 Å². The predicted octanol–water partition coefficient (Wildman–Crippen LogP) is 3.06. The number of nitrogens with one attached hydrogen (secondary N) is 1. The van der Waals surface area contributed by atoms with Gasteiger partial charge in [-0.1, -0.05) is 13.8 Å². The first-order chi connectivity index (χ1) is 9.80. The first-order valence-electron chi connectivity index (χ1n) is 7.63. The smallest absolute Gasteiger partial charge is 0.252 e. The topological polar surface area (TPSA) is 49.4 Å². The van der Waals surface area contributed by atoms with E-state index in [-0.39, 0.29) is 6.04 Å². The van der Waals surface area contributed by atoms with Gasteiger partial charge in [-0.25, -0.2) is 8.42 Å². The molecular formula is C15H26N2O2S2. The molecule has 0 aliphatic heterocycles. The van der Waals surface area contributed by atoms with Gasteiger partial charge in [0.15, 0.2) is 0 Å². The molecule has 1 aliphatic carbocycles. The Morgan fingerprint density at radius 3 is 2.52 bits per heavy atom. The van der Waals surface area contributed by atoms with E-state index in [1.807, 2.05) is 25.3 Å². The average molecular weight is 331 g/mol. The first kappa shape index (κ1) is 16.9. The van der Waals surface area contributed by atoms with E-state index in [0.29, 0.717) is 29.3 Å². The Morgan fingerprint density at radius 1 is 1.33 bits per heavy atom. The van der Waals surface area contributed by atoms with Crippen LogP contribution in [-0.4, -0.2) is 31.4 Å². The van der Waals surface area contributed by atoms with Crippen LogP contribution < -0.4 is 5.32 Å². The van der Waals surface area contributed by atoms with Crippen molar-refractivity contribution >= 4 is 21.4 Å². The number of hydrogen-bond acceptors (Lipinski definition) is 4. The summed E-state index contributed by atoms with van der Waals surface area (Å²) in [5.41, 5.74) is 1.04. The zero-order chi connectivity index (χ0) is 15.6. The molecule has 0 atom stereocenters. The van der Waals surface area contributed by atoms with Gasteiger partial charge in [0.1, 0.15) is 4.21 Å². The van der Waals surface area contributed by atoms with Crippen LogP contribution in [0.15, 0.2) is 15.7 Å². The summed E-state index contributed by atoms with van der Waals surface area (Å²) in [5, 5.41) is 5.26. The number of nitrogens with zero attached hydrogens (tertiary/aromatic N) is 1. The lowest BCUT2D eigenvalue weighted by Crippen LogP contribution is -2.38. The second-order valence-corrected chi connectivity index (χ2v) is 9.45. The Morgan fingerprint density at radius 2 is 2.00 bits per heavy atom. The lowest BCUT2D eigenvalue weighted by Gasteiger charge is -2.25. The molecule has 1 fully saturated rings. The summed E-state index contributed by atoms with van der Waals surface area (Å²) >= 11 is 1.33. The number of rotatable bonds is 8. The van der Waals surface area contributed by atoms with E-state index >= 15 is 0 Å². The molecule has 6 heteroatoms. The molecule has 0 radical (unpaired) electrons. The third-order valence-electron chi connectivity index (χ3n) is 3.62. The van der Waals surface area contributed by atoms with Gasteiger partial charge in [0.25, 0.3) is 10.0 Å². The molecule has 0 unspecified atom stereocenters. The third kappa shape index (κ3) is 4.52. The van der Waals surface area contributed by atoms with Gasteiger partial charge < -0.3 is 5.32 Å². The summed E-state index contributed by atoms with van der Waals surface area (Å²) in [4.78, 5) is 0. The van der Waals surface area contributed by atoms with E-state index in [4.69, 9.17) is 0 Å². The van der Waals surface area contributed by atoms with Gasteiger partial charge in [-0.2, -0.15) is 4.31 Å². The molecule has 1 heterocycles. The van der Waals surface area contributed by atoms with Crippen LogP contribution >= 0.6 is 11.3 Å².